The van der Waals surface area contributed by atoms with Crippen LogP contribution >= 0.6 is 0 Å². The van der Waals surface area contributed by atoms with Crippen LogP contribution in [-0.4, -0.2) is 67.6 Å². The number of hydrogen-bond acceptors (Lipinski definition) is 4. The van der Waals surface area contributed by atoms with Crippen LogP contribution in [0.2, 0.25) is 0 Å². The summed E-state index contributed by atoms with van der Waals surface area (Å²) in [6.07, 6.45) is 1.82. The molecule has 2 heterocycles. The largest absolute Gasteiger partial charge is 0.493 e. The topological polar surface area (TPSA) is 59.1 Å². The molecule has 0 saturated carbocycles. The average Bonchev–Trinajstić information content (AvgIpc) is 2.83. The van der Waals surface area contributed by atoms with E-state index < -0.39 is 5.82 Å². The second-order valence-corrected chi connectivity index (χ2v) is 7.98. The van der Waals surface area contributed by atoms with Gasteiger partial charge >= 0.3 is 0 Å². The number of amides is 2. The Morgan fingerprint density at radius 1 is 0.968 bits per heavy atom. The van der Waals surface area contributed by atoms with Crippen molar-refractivity contribution in [2.75, 3.05) is 46.0 Å². The molecule has 0 aromatic heterocycles. The van der Waals surface area contributed by atoms with Crippen LogP contribution in [0.3, 0.4) is 0 Å². The molecule has 0 bridgehead atoms. The normalized spacial score (nSPS) is 19.2. The van der Waals surface area contributed by atoms with Crippen LogP contribution < -0.4 is 4.74 Å². The molecule has 0 aliphatic carbocycles. The predicted molar refractivity (Wildman–Crippen MR) is 114 cm³/mol. The number of piperidine rings is 1. The second kappa shape index (κ2) is 9.92. The van der Waals surface area contributed by atoms with Crippen molar-refractivity contribution in [3.63, 3.8) is 0 Å². The van der Waals surface area contributed by atoms with Crippen molar-refractivity contribution in [2.45, 2.75) is 12.8 Å². The zero-order chi connectivity index (χ0) is 21.6. The molecule has 2 aromatic rings. The Morgan fingerprint density at radius 2 is 1.71 bits per heavy atom. The van der Waals surface area contributed by atoms with Crippen molar-refractivity contribution in [2.24, 2.45) is 5.92 Å². The van der Waals surface area contributed by atoms with Crippen molar-refractivity contribution < 1.29 is 23.5 Å². The molecule has 2 fully saturated rings. The van der Waals surface area contributed by atoms with Gasteiger partial charge in [0.2, 0.25) is 0 Å². The third-order valence-electron chi connectivity index (χ3n) is 5.80. The highest BCUT2D eigenvalue weighted by molar-refractivity contribution is 5.95. The molecular weight excluding hydrogens is 399 g/mol. The Kier molecular flexibility index (Phi) is 6.82. The third-order valence-corrected chi connectivity index (χ3v) is 5.80. The van der Waals surface area contributed by atoms with Gasteiger partial charge < -0.3 is 19.3 Å². The summed E-state index contributed by atoms with van der Waals surface area (Å²) in [5.41, 5.74) is 0.748. The van der Waals surface area contributed by atoms with Crippen molar-refractivity contribution in [3.8, 4) is 5.75 Å². The number of morpholine rings is 1. The van der Waals surface area contributed by atoms with E-state index in [0.717, 1.165) is 12.8 Å². The van der Waals surface area contributed by atoms with Gasteiger partial charge in [-0.1, -0.05) is 12.1 Å². The highest BCUT2D eigenvalue weighted by Crippen LogP contribution is 2.22. The number of carbonyl (C=O) groups excluding carboxylic acids is 2. The minimum atomic E-state index is -0.488. The maximum atomic E-state index is 14.0. The number of rotatable bonds is 5. The van der Waals surface area contributed by atoms with Gasteiger partial charge in [0.1, 0.15) is 11.6 Å². The summed E-state index contributed by atoms with van der Waals surface area (Å²) in [6.45, 7) is 4.01. The standard InChI is InChI=1S/C24H27FN2O4/c25-22-6-2-1-5-21(22)24(29)27-11-3-4-18(16-27)17-31-20-9-7-19(8-10-20)23(28)26-12-14-30-15-13-26/h1-2,5-10,18H,3-4,11-17H2/t18-/m1/s1. The molecule has 4 rings (SSSR count). The molecule has 2 amide bonds. The van der Waals surface area contributed by atoms with E-state index in [4.69, 9.17) is 9.47 Å². The lowest BCUT2D eigenvalue weighted by Crippen LogP contribution is -2.41. The molecule has 0 radical (unpaired) electrons. The maximum Gasteiger partial charge on any atom is 0.256 e. The molecule has 2 saturated heterocycles. The van der Waals surface area contributed by atoms with E-state index in [1.165, 1.54) is 12.1 Å². The monoisotopic (exact) mass is 426 g/mol. The Labute approximate surface area is 181 Å². The summed E-state index contributed by atoms with van der Waals surface area (Å²) in [5.74, 6) is 0.117. The van der Waals surface area contributed by atoms with Gasteiger partial charge in [-0.3, -0.25) is 9.59 Å². The fourth-order valence-electron chi connectivity index (χ4n) is 4.05. The number of ether oxygens (including phenoxy) is 2. The van der Waals surface area contributed by atoms with Gasteiger partial charge in [-0.15, -0.1) is 0 Å². The van der Waals surface area contributed by atoms with E-state index in [2.05, 4.69) is 0 Å². The Morgan fingerprint density at radius 3 is 2.45 bits per heavy atom. The van der Waals surface area contributed by atoms with Gasteiger partial charge in [-0.05, 0) is 49.2 Å². The van der Waals surface area contributed by atoms with Crippen LogP contribution in [0.1, 0.15) is 33.6 Å². The fraction of sp³-hybridized carbons (Fsp3) is 0.417. The van der Waals surface area contributed by atoms with E-state index in [1.54, 1.807) is 46.2 Å². The minimum absolute atomic E-state index is 0.00410. The molecular formula is C24H27FN2O4. The highest BCUT2D eigenvalue weighted by atomic mass is 19.1. The fourth-order valence-corrected chi connectivity index (χ4v) is 4.05. The van der Waals surface area contributed by atoms with Crippen LogP contribution in [0.15, 0.2) is 48.5 Å². The van der Waals surface area contributed by atoms with Crippen molar-refractivity contribution in [1.29, 1.82) is 0 Å². The number of carbonyl (C=O) groups is 2. The maximum absolute atomic E-state index is 14.0. The van der Waals surface area contributed by atoms with Crippen molar-refractivity contribution >= 4 is 11.8 Å². The first-order chi connectivity index (χ1) is 15.1. The van der Waals surface area contributed by atoms with Gasteiger partial charge in [0.05, 0.1) is 25.4 Å². The molecule has 0 N–H and O–H groups in total. The van der Waals surface area contributed by atoms with Crippen LogP contribution in [-0.2, 0) is 4.74 Å². The molecule has 164 valence electrons. The summed E-state index contributed by atoms with van der Waals surface area (Å²) < 4.78 is 25.2. The Bertz CT molecular complexity index is 912. The zero-order valence-electron chi connectivity index (χ0n) is 17.5. The van der Waals surface area contributed by atoms with Crippen molar-refractivity contribution in [1.82, 2.24) is 9.80 Å². The summed E-state index contributed by atoms with van der Waals surface area (Å²) in [7, 11) is 0. The van der Waals surface area contributed by atoms with Crippen LogP contribution in [0.4, 0.5) is 4.39 Å². The SMILES string of the molecule is O=C(c1ccc(OC[C@@H]2CCCN(C(=O)c3ccccc3F)C2)cc1)N1CCOCC1. The number of halogens is 1. The van der Waals surface area contributed by atoms with E-state index >= 15 is 0 Å². The summed E-state index contributed by atoms with van der Waals surface area (Å²) in [5, 5.41) is 0. The lowest BCUT2D eigenvalue weighted by molar-refractivity contribution is 0.0303. The molecule has 0 unspecified atom stereocenters. The van der Waals surface area contributed by atoms with E-state index in [-0.39, 0.29) is 23.3 Å². The number of likely N-dealkylation sites (tertiary alicyclic amines) is 1. The molecule has 0 spiro atoms. The zero-order valence-corrected chi connectivity index (χ0v) is 17.5. The van der Waals surface area contributed by atoms with Crippen molar-refractivity contribution in [3.05, 3.63) is 65.5 Å². The second-order valence-electron chi connectivity index (χ2n) is 7.98. The third kappa shape index (κ3) is 5.22. The van der Waals surface area contributed by atoms with Gasteiger partial charge in [0.25, 0.3) is 11.8 Å². The first kappa shape index (κ1) is 21.3. The Hall–Kier alpha value is -2.93. The highest BCUT2D eigenvalue weighted by Gasteiger charge is 2.26. The Balaban J connectivity index is 1.30. The van der Waals surface area contributed by atoms with Gasteiger partial charge in [0.15, 0.2) is 0 Å². The van der Waals surface area contributed by atoms with E-state index in [0.29, 0.717) is 57.3 Å². The summed E-state index contributed by atoms with van der Waals surface area (Å²) >= 11 is 0. The quantitative estimate of drug-likeness (QED) is 0.737. The minimum Gasteiger partial charge on any atom is -0.493 e. The number of hydrogen-bond donors (Lipinski definition) is 0. The molecule has 2 aromatic carbocycles. The summed E-state index contributed by atoms with van der Waals surface area (Å²) in [4.78, 5) is 28.7. The first-order valence-corrected chi connectivity index (χ1v) is 10.8. The number of benzene rings is 2. The van der Waals surface area contributed by atoms with E-state index in [1.807, 2.05) is 0 Å². The van der Waals surface area contributed by atoms with Crippen LogP contribution in [0.5, 0.6) is 5.75 Å². The van der Waals surface area contributed by atoms with Crippen LogP contribution in [0, 0.1) is 11.7 Å². The van der Waals surface area contributed by atoms with Gasteiger partial charge in [0, 0.05) is 37.7 Å². The molecule has 7 heteroatoms. The van der Waals surface area contributed by atoms with Gasteiger partial charge in [-0.25, -0.2) is 4.39 Å². The summed E-state index contributed by atoms with van der Waals surface area (Å²) in [6, 6.07) is 13.3. The smallest absolute Gasteiger partial charge is 0.256 e. The van der Waals surface area contributed by atoms with Gasteiger partial charge in [-0.2, -0.15) is 0 Å². The first-order valence-electron chi connectivity index (χ1n) is 10.8. The lowest BCUT2D eigenvalue weighted by Gasteiger charge is -2.32. The molecule has 2 aliphatic heterocycles. The van der Waals surface area contributed by atoms with E-state index in [9.17, 15) is 14.0 Å². The van der Waals surface area contributed by atoms with Crippen LogP contribution in [0.25, 0.3) is 0 Å². The number of nitrogens with zero attached hydrogens (tertiary/aromatic N) is 2. The lowest BCUT2D eigenvalue weighted by atomic mass is 9.98. The molecule has 6 nitrogen and oxygen atoms in total. The molecule has 1 atom stereocenters. The molecule has 2 aliphatic rings. The molecule has 31 heavy (non-hydrogen) atoms. The predicted octanol–water partition coefficient (Wildman–Crippen LogP) is 3.23. The average molecular weight is 426 g/mol.